The summed E-state index contributed by atoms with van der Waals surface area (Å²) in [6.07, 6.45) is -4.57. The fraction of sp³-hybridized carbons (Fsp3) is 0.231. The normalized spacial score (nSPS) is 14.5. The monoisotopic (exact) mass is 532 g/mol. The van der Waals surface area contributed by atoms with E-state index >= 15 is 0 Å². The molecule has 1 atom stereocenters. The van der Waals surface area contributed by atoms with Crippen LogP contribution in [-0.2, 0) is 27.5 Å². The first-order valence-corrected chi connectivity index (χ1v) is 12.7. The highest BCUT2D eigenvalue weighted by Gasteiger charge is 2.38. The maximum absolute atomic E-state index is 12.8. The van der Waals surface area contributed by atoms with Crippen molar-refractivity contribution in [2.24, 2.45) is 5.92 Å². The lowest BCUT2D eigenvalue weighted by molar-refractivity contribution is -0.144. The Morgan fingerprint density at radius 2 is 1.57 bits per heavy atom. The number of rotatable bonds is 7. The molecule has 0 spiro atoms. The molecule has 1 heterocycles. The highest BCUT2D eigenvalue weighted by atomic mass is 32.2. The van der Waals surface area contributed by atoms with Crippen LogP contribution in [0.1, 0.15) is 35.3 Å². The van der Waals surface area contributed by atoms with Gasteiger partial charge in [0.15, 0.2) is 0 Å². The maximum Gasteiger partial charge on any atom is 0.416 e. The fourth-order valence-electron chi connectivity index (χ4n) is 4.29. The summed E-state index contributed by atoms with van der Waals surface area (Å²) >= 11 is 0. The van der Waals surface area contributed by atoms with Crippen LogP contribution < -0.4 is 4.72 Å². The van der Waals surface area contributed by atoms with E-state index in [1.54, 1.807) is 44.2 Å². The topological polar surface area (TPSA) is 104 Å². The maximum atomic E-state index is 12.8. The first-order chi connectivity index (χ1) is 17.3. The first-order valence-electron chi connectivity index (χ1n) is 11.2. The number of halogens is 3. The van der Waals surface area contributed by atoms with Crippen molar-refractivity contribution in [1.82, 2.24) is 4.90 Å². The predicted octanol–water partition coefficient (Wildman–Crippen LogP) is 5.24. The van der Waals surface area contributed by atoms with E-state index in [1.807, 2.05) is 0 Å². The Balaban J connectivity index is 1.51. The summed E-state index contributed by atoms with van der Waals surface area (Å²) in [6.45, 7) is 3.66. The van der Waals surface area contributed by atoms with E-state index in [1.165, 1.54) is 17.0 Å². The van der Waals surface area contributed by atoms with Crippen molar-refractivity contribution >= 4 is 27.6 Å². The number of sulfonamides is 1. The summed E-state index contributed by atoms with van der Waals surface area (Å²) in [7, 11) is -4.10. The SMILES string of the molecule is CC(C)[C@@H](C(=O)O)N1Cc2cc(-c3ccc(NS(=O)(=O)c4ccc(C(F)(F)F)cc4)cc3)ccc2C1=O. The number of benzene rings is 3. The van der Waals surface area contributed by atoms with Gasteiger partial charge in [-0.2, -0.15) is 13.2 Å². The molecule has 3 aromatic rings. The van der Waals surface area contributed by atoms with Gasteiger partial charge in [-0.05, 0) is 71.1 Å². The predicted molar refractivity (Wildman–Crippen MR) is 130 cm³/mol. The van der Waals surface area contributed by atoms with Crippen molar-refractivity contribution in [3.8, 4) is 11.1 Å². The van der Waals surface area contributed by atoms with E-state index in [0.717, 1.165) is 23.3 Å². The quantitative estimate of drug-likeness (QED) is 0.433. The van der Waals surface area contributed by atoms with E-state index in [4.69, 9.17) is 0 Å². The summed E-state index contributed by atoms with van der Waals surface area (Å²) < 4.78 is 65.7. The molecule has 0 unspecified atom stereocenters. The number of amides is 1. The van der Waals surface area contributed by atoms with Crippen molar-refractivity contribution in [2.75, 3.05) is 4.72 Å². The van der Waals surface area contributed by atoms with Gasteiger partial charge in [0.1, 0.15) is 6.04 Å². The number of carbonyl (C=O) groups excluding carboxylic acids is 1. The van der Waals surface area contributed by atoms with E-state index in [9.17, 15) is 36.3 Å². The molecule has 1 aliphatic heterocycles. The molecule has 11 heteroatoms. The summed E-state index contributed by atoms with van der Waals surface area (Å²) in [6, 6.07) is 13.8. The van der Waals surface area contributed by atoms with Crippen molar-refractivity contribution in [3.63, 3.8) is 0 Å². The number of nitrogens with one attached hydrogen (secondary N) is 1. The zero-order chi connectivity index (χ0) is 27.1. The average molecular weight is 533 g/mol. The molecule has 0 saturated carbocycles. The van der Waals surface area contributed by atoms with Gasteiger partial charge < -0.3 is 10.0 Å². The fourth-order valence-corrected chi connectivity index (χ4v) is 5.35. The van der Waals surface area contributed by atoms with Crippen LogP contribution in [0.3, 0.4) is 0 Å². The lowest BCUT2D eigenvalue weighted by Gasteiger charge is -2.27. The molecule has 3 aromatic carbocycles. The van der Waals surface area contributed by atoms with E-state index in [2.05, 4.69) is 4.72 Å². The molecule has 0 radical (unpaired) electrons. The molecular weight excluding hydrogens is 509 g/mol. The number of nitrogens with zero attached hydrogens (tertiary/aromatic N) is 1. The van der Waals surface area contributed by atoms with E-state index in [0.29, 0.717) is 23.3 Å². The highest BCUT2D eigenvalue weighted by molar-refractivity contribution is 7.92. The molecule has 0 saturated heterocycles. The molecule has 1 amide bonds. The van der Waals surface area contributed by atoms with Crippen LogP contribution in [0.25, 0.3) is 11.1 Å². The Hall–Kier alpha value is -3.86. The van der Waals surface area contributed by atoms with Crippen molar-refractivity contribution in [2.45, 2.75) is 37.5 Å². The van der Waals surface area contributed by atoms with Crippen molar-refractivity contribution < 1.29 is 36.3 Å². The molecule has 1 aliphatic rings. The van der Waals surface area contributed by atoms with Crippen LogP contribution in [-0.4, -0.2) is 36.3 Å². The largest absolute Gasteiger partial charge is 0.480 e. The highest BCUT2D eigenvalue weighted by Crippen LogP contribution is 2.32. The molecule has 0 fully saturated rings. The Bertz CT molecular complexity index is 1450. The minimum Gasteiger partial charge on any atom is -0.480 e. The number of aliphatic carboxylic acids is 1. The Morgan fingerprint density at radius 3 is 2.11 bits per heavy atom. The molecule has 194 valence electrons. The second kappa shape index (κ2) is 9.55. The third kappa shape index (κ3) is 5.31. The van der Waals surface area contributed by atoms with Crippen LogP contribution >= 0.6 is 0 Å². The summed E-state index contributed by atoms with van der Waals surface area (Å²) in [4.78, 5) is 25.5. The van der Waals surface area contributed by atoms with Crippen molar-refractivity contribution in [1.29, 1.82) is 0 Å². The van der Waals surface area contributed by atoms with Crippen LogP contribution in [0.2, 0.25) is 0 Å². The van der Waals surface area contributed by atoms with Gasteiger partial charge >= 0.3 is 12.1 Å². The van der Waals surface area contributed by atoms with Crippen LogP contribution in [0, 0.1) is 5.92 Å². The standard InChI is InChI=1S/C26H23F3N2O5S/c1-15(2)23(25(33)34)31-14-18-13-17(5-12-22(18)24(31)32)16-3-8-20(9-4-16)30-37(35,36)21-10-6-19(7-11-21)26(27,28)29/h3-13,15,23,30H,14H2,1-2H3,(H,33,34)/t23-/m0/s1. The Kier molecular flexibility index (Phi) is 6.76. The van der Waals surface area contributed by atoms with Gasteiger partial charge in [-0.3, -0.25) is 9.52 Å². The molecule has 2 N–H and O–H groups in total. The molecule has 7 nitrogen and oxygen atoms in total. The summed E-state index contributed by atoms with van der Waals surface area (Å²) in [5.41, 5.74) is 1.88. The molecule has 0 aromatic heterocycles. The lowest BCUT2D eigenvalue weighted by Crippen LogP contribution is -2.44. The van der Waals surface area contributed by atoms with Crippen LogP contribution in [0.4, 0.5) is 18.9 Å². The van der Waals surface area contributed by atoms with E-state index in [-0.39, 0.29) is 29.0 Å². The Labute approximate surface area is 211 Å². The second-order valence-corrected chi connectivity index (χ2v) is 10.7. The summed E-state index contributed by atoms with van der Waals surface area (Å²) in [5, 5.41) is 9.57. The molecule has 0 aliphatic carbocycles. The first kappa shape index (κ1) is 26.2. The molecular formula is C26H23F3N2O5S. The summed E-state index contributed by atoms with van der Waals surface area (Å²) in [5.74, 6) is -1.67. The lowest BCUT2D eigenvalue weighted by atomic mass is 10.0. The van der Waals surface area contributed by atoms with Gasteiger partial charge in [0.2, 0.25) is 0 Å². The van der Waals surface area contributed by atoms with Gasteiger partial charge in [0, 0.05) is 17.8 Å². The number of carboxylic acid groups (broad SMARTS) is 1. The number of carboxylic acids is 1. The second-order valence-electron chi connectivity index (χ2n) is 9.04. The smallest absolute Gasteiger partial charge is 0.416 e. The van der Waals surface area contributed by atoms with E-state index < -0.39 is 33.8 Å². The number of hydrogen-bond acceptors (Lipinski definition) is 4. The number of anilines is 1. The molecule has 4 rings (SSSR count). The van der Waals surface area contributed by atoms with Crippen LogP contribution in [0.15, 0.2) is 71.6 Å². The van der Waals surface area contributed by atoms with Crippen molar-refractivity contribution in [3.05, 3.63) is 83.4 Å². The zero-order valence-electron chi connectivity index (χ0n) is 19.8. The zero-order valence-corrected chi connectivity index (χ0v) is 20.6. The minimum atomic E-state index is -4.57. The third-order valence-electron chi connectivity index (χ3n) is 6.12. The number of alkyl halides is 3. The number of fused-ring (bicyclic) bond motifs is 1. The average Bonchev–Trinajstić information content (AvgIpc) is 3.13. The third-order valence-corrected chi connectivity index (χ3v) is 7.52. The van der Waals surface area contributed by atoms with Gasteiger partial charge in [0.05, 0.1) is 10.5 Å². The number of carbonyl (C=O) groups is 2. The van der Waals surface area contributed by atoms with Gasteiger partial charge in [-0.25, -0.2) is 13.2 Å². The van der Waals surface area contributed by atoms with Crippen LogP contribution in [0.5, 0.6) is 0 Å². The van der Waals surface area contributed by atoms with Gasteiger partial charge in [-0.15, -0.1) is 0 Å². The molecule has 37 heavy (non-hydrogen) atoms. The molecule has 0 bridgehead atoms. The van der Waals surface area contributed by atoms with Gasteiger partial charge in [0.25, 0.3) is 15.9 Å². The van der Waals surface area contributed by atoms with Gasteiger partial charge in [-0.1, -0.05) is 32.0 Å². The number of hydrogen-bond donors (Lipinski definition) is 2. The minimum absolute atomic E-state index is 0.169. The Morgan fingerprint density at radius 1 is 0.973 bits per heavy atom.